The minimum absolute atomic E-state index is 0. The maximum absolute atomic E-state index is 10.9. The van der Waals surface area contributed by atoms with Crippen molar-refractivity contribution in [1.82, 2.24) is 0 Å². The Hall–Kier alpha value is 0.730. The molecular weight excluding hydrogens is 313 g/mol. The van der Waals surface area contributed by atoms with E-state index in [4.69, 9.17) is 14.9 Å². The zero-order chi connectivity index (χ0) is 13.7. The zero-order valence-electron chi connectivity index (χ0n) is 9.01. The number of hydrogen-bond acceptors (Lipinski definition) is 8. The largest absolute Gasteiger partial charge is 0.153 e. The number of aliphatic hydroxyl groups is 3. The molecule has 0 bridgehead atoms. The van der Waals surface area contributed by atoms with E-state index >= 15 is 0 Å². The average molecular weight is 330 g/mol. The van der Waals surface area contributed by atoms with Crippen molar-refractivity contribution in [3.63, 3.8) is 0 Å². The third-order valence-corrected chi connectivity index (χ3v) is 8.49. The van der Waals surface area contributed by atoms with Gasteiger partial charge in [0, 0.05) is 0 Å². The van der Waals surface area contributed by atoms with Crippen molar-refractivity contribution >= 4 is 24.2 Å². The second kappa shape index (κ2) is 5.26. The van der Waals surface area contributed by atoms with Gasteiger partial charge in [-0.1, -0.05) is 0 Å². The molecule has 0 saturated carbocycles. The summed E-state index contributed by atoms with van der Waals surface area (Å²) in [6, 6.07) is 0. The van der Waals surface area contributed by atoms with E-state index < -0.39 is 45.0 Å². The van der Waals surface area contributed by atoms with Crippen molar-refractivity contribution in [3.8, 4) is 0 Å². The summed E-state index contributed by atoms with van der Waals surface area (Å²) in [6.45, 7) is -7.54. The van der Waals surface area contributed by atoms with Gasteiger partial charge in [-0.2, -0.15) is 9.90 Å². The Bertz CT molecular complexity index is 345. The number of hydrogen-bond donors (Lipinski definition) is 8. The van der Waals surface area contributed by atoms with Gasteiger partial charge in [-0.15, -0.1) is 0 Å². The summed E-state index contributed by atoms with van der Waals surface area (Å²) in [5.74, 6) is -2.48. The minimum atomic E-state index is -6.69. The van der Waals surface area contributed by atoms with Crippen LogP contribution in [0.1, 0.15) is 0 Å². The minimum Gasteiger partial charge on any atom is -0.153 e. The van der Waals surface area contributed by atoms with Crippen molar-refractivity contribution in [2.75, 3.05) is 6.61 Å². The first-order valence-corrected chi connectivity index (χ1v) is 8.83. The maximum atomic E-state index is 10.9. The molecule has 1 saturated heterocycles. The van der Waals surface area contributed by atoms with Crippen LogP contribution >= 0.6 is 24.2 Å². The quantitative estimate of drug-likeness (QED) is 0.245. The SMILES string of the molecule is O=P(O)(O)P(O)(O)(O)C1O[C@H](CO)[C@@H](O)[C@H]1O.P. The maximum Gasteiger partial charge on any atom is -0.153 e. The Morgan fingerprint density at radius 3 is 1.83 bits per heavy atom. The first-order chi connectivity index (χ1) is 7.41. The Morgan fingerprint density at radius 2 is 1.56 bits per heavy atom. The van der Waals surface area contributed by atoms with Crippen LogP contribution in [0.2, 0.25) is 0 Å². The van der Waals surface area contributed by atoms with Gasteiger partial charge in [-0.05, 0) is 0 Å². The second-order valence-corrected chi connectivity index (χ2v) is 11.1. The molecule has 1 aliphatic rings. The average Bonchev–Trinajstić information content (AvgIpc) is 2.42. The Balaban J connectivity index is 0.00000289. The molecule has 0 amide bonds. The number of ether oxygens (including phenoxy) is 1. The van der Waals surface area contributed by atoms with Crippen molar-refractivity contribution < 1.29 is 49.1 Å². The molecule has 0 aromatic rings. The van der Waals surface area contributed by atoms with Crippen LogP contribution in [0.25, 0.3) is 0 Å². The molecule has 0 aromatic carbocycles. The summed E-state index contributed by atoms with van der Waals surface area (Å²) in [5, 5.41) is 27.3. The Labute approximate surface area is 105 Å². The first kappa shape index (κ1) is 18.7. The van der Waals surface area contributed by atoms with Crippen molar-refractivity contribution in [1.29, 1.82) is 0 Å². The third kappa shape index (κ3) is 2.76. The second-order valence-electron chi connectivity index (χ2n) is 3.74. The van der Waals surface area contributed by atoms with Gasteiger partial charge < -0.3 is 0 Å². The van der Waals surface area contributed by atoms with E-state index in [1.165, 1.54) is 0 Å². The van der Waals surface area contributed by atoms with Crippen LogP contribution in [0.15, 0.2) is 0 Å². The molecule has 5 atom stereocenters. The molecule has 1 aliphatic heterocycles. The summed E-state index contributed by atoms with van der Waals surface area (Å²) in [6.07, 6.45) is -5.46. The van der Waals surface area contributed by atoms with Gasteiger partial charge in [-0.3, -0.25) is 0 Å². The van der Waals surface area contributed by atoms with E-state index in [9.17, 15) is 29.5 Å². The smallest absolute Gasteiger partial charge is 0.153 e. The van der Waals surface area contributed by atoms with Gasteiger partial charge in [-0.25, -0.2) is 0 Å². The third-order valence-electron chi connectivity index (χ3n) is 2.47. The van der Waals surface area contributed by atoms with Crippen LogP contribution < -0.4 is 0 Å². The van der Waals surface area contributed by atoms with Crippen molar-refractivity contribution in [2.45, 2.75) is 24.2 Å². The van der Waals surface area contributed by atoms with E-state index in [1.54, 1.807) is 0 Å². The molecule has 18 heavy (non-hydrogen) atoms. The van der Waals surface area contributed by atoms with Crippen molar-refractivity contribution in [2.24, 2.45) is 0 Å². The normalized spacial score (nSPS) is 35.7. The molecule has 1 heterocycles. The van der Waals surface area contributed by atoms with E-state index in [0.29, 0.717) is 0 Å². The molecule has 1 fully saturated rings. The van der Waals surface area contributed by atoms with Crippen LogP contribution in [0.5, 0.6) is 0 Å². The Morgan fingerprint density at radius 1 is 1.11 bits per heavy atom. The van der Waals surface area contributed by atoms with Crippen LogP contribution in [0.4, 0.5) is 0 Å². The number of rotatable bonds is 3. The fraction of sp³-hybridized carbons (Fsp3) is 1.00. The number of aliphatic hydroxyl groups excluding tert-OH is 3. The summed E-state index contributed by atoms with van der Waals surface area (Å²) in [4.78, 5) is 45.4. The molecule has 0 aromatic heterocycles. The molecule has 0 aliphatic carbocycles. The van der Waals surface area contributed by atoms with Crippen LogP contribution in [0, 0.1) is 0 Å². The predicted molar refractivity (Wildman–Crippen MR) is 64.5 cm³/mol. The molecule has 0 spiro atoms. The van der Waals surface area contributed by atoms with Crippen LogP contribution in [-0.2, 0) is 9.30 Å². The molecule has 2 unspecified atom stereocenters. The van der Waals surface area contributed by atoms with E-state index in [0.717, 1.165) is 0 Å². The Kier molecular flexibility index (Phi) is 5.47. The van der Waals surface area contributed by atoms with Gasteiger partial charge in [0.1, 0.15) is 0 Å². The van der Waals surface area contributed by atoms with Gasteiger partial charge in [0.2, 0.25) is 0 Å². The van der Waals surface area contributed by atoms with Gasteiger partial charge >= 0.3 is 94.1 Å². The van der Waals surface area contributed by atoms with E-state index in [2.05, 4.69) is 4.74 Å². The molecule has 1 rings (SSSR count). The van der Waals surface area contributed by atoms with Gasteiger partial charge in [0.25, 0.3) is 0 Å². The monoisotopic (exact) mass is 330 g/mol. The molecule has 0 radical (unpaired) electrons. The summed E-state index contributed by atoms with van der Waals surface area (Å²) >= 11 is 0. The summed E-state index contributed by atoms with van der Waals surface area (Å²) < 4.78 is 15.4. The van der Waals surface area contributed by atoms with Crippen LogP contribution in [-0.4, -0.2) is 70.6 Å². The standard InChI is InChI=1S/C5H14O10P2.H3P/c6-1-2-3(7)4(8)5(15-2)17(12,13,14)16(9,10)11;/h2-8,12-14H,1H2,(H2,9,10,11);1H3/t2-,3-,4-,5?;/m1./s1. The topological polar surface area (TPSA) is 188 Å². The molecule has 112 valence electrons. The van der Waals surface area contributed by atoms with Gasteiger partial charge in [0.05, 0.1) is 0 Å². The fourth-order valence-electron chi connectivity index (χ4n) is 1.41. The predicted octanol–water partition coefficient (Wildman–Crippen LogP) is -3.15. The summed E-state index contributed by atoms with van der Waals surface area (Å²) in [7, 11) is -5.81. The first-order valence-electron chi connectivity index (χ1n) is 4.35. The molecule has 8 N–H and O–H groups in total. The zero-order valence-corrected chi connectivity index (χ0v) is 12.2. The van der Waals surface area contributed by atoms with Crippen molar-refractivity contribution in [3.05, 3.63) is 0 Å². The fourth-order valence-corrected chi connectivity index (χ4v) is 4.27. The molecular formula is C5H17O10P3. The summed E-state index contributed by atoms with van der Waals surface area (Å²) in [5.41, 5.74) is 0. The van der Waals surface area contributed by atoms with E-state index in [1.807, 2.05) is 0 Å². The van der Waals surface area contributed by atoms with E-state index in [-0.39, 0.29) is 9.90 Å². The van der Waals surface area contributed by atoms with Gasteiger partial charge in [0.15, 0.2) is 0 Å². The molecule has 13 heteroatoms. The molecule has 10 nitrogen and oxygen atoms in total. The van der Waals surface area contributed by atoms with Crippen LogP contribution in [0.3, 0.4) is 0 Å².